The number of nitrogens with one attached hydrogen (secondary N) is 1. The van der Waals surface area contributed by atoms with Crippen LogP contribution in [0, 0.1) is 23.7 Å². The third kappa shape index (κ3) is 9.49. The maximum atomic E-state index is 13.1. The largest absolute Gasteiger partial charge is 0.353 e. The van der Waals surface area contributed by atoms with Crippen LogP contribution in [0.15, 0.2) is 0 Å². The van der Waals surface area contributed by atoms with Crippen LogP contribution >= 0.6 is 22.6 Å². The summed E-state index contributed by atoms with van der Waals surface area (Å²) in [7, 11) is 0. The van der Waals surface area contributed by atoms with Crippen molar-refractivity contribution in [3.05, 3.63) is 0 Å². The van der Waals surface area contributed by atoms with Gasteiger partial charge in [0.05, 0.1) is 0 Å². The van der Waals surface area contributed by atoms with Crippen LogP contribution in [0.4, 0.5) is 0 Å². The lowest BCUT2D eigenvalue weighted by atomic mass is 9.86. The molecule has 0 aromatic carbocycles. The Morgan fingerprint density at radius 3 is 2.11 bits per heavy atom. The number of rotatable bonds is 2. The van der Waals surface area contributed by atoms with Gasteiger partial charge in [0, 0.05) is 15.9 Å². The Labute approximate surface area is 182 Å². The summed E-state index contributed by atoms with van der Waals surface area (Å²) >= 11 is 2.64. The molecule has 2 aliphatic rings. The smallest absolute Gasteiger partial charge is 0.223 e. The monoisotopic (exact) mass is 489 g/mol. The molecule has 2 saturated carbocycles. The second kappa shape index (κ2) is 12.7. The van der Waals surface area contributed by atoms with Crippen LogP contribution < -0.4 is 5.32 Å². The highest BCUT2D eigenvalue weighted by Gasteiger charge is 2.24. The molecule has 0 bridgehead atoms. The second-order valence-electron chi connectivity index (χ2n) is 10.00. The van der Waals surface area contributed by atoms with E-state index in [9.17, 15) is 4.79 Å². The molecule has 2 nitrogen and oxygen atoms in total. The summed E-state index contributed by atoms with van der Waals surface area (Å²) in [6.07, 6.45) is 17.6. The molecule has 0 aromatic heterocycles. The molecule has 0 radical (unpaired) electrons. The highest BCUT2D eigenvalue weighted by atomic mass is 127. The van der Waals surface area contributed by atoms with E-state index in [0.29, 0.717) is 11.9 Å². The summed E-state index contributed by atoms with van der Waals surface area (Å²) in [6.45, 7) is 7.19. The van der Waals surface area contributed by atoms with Crippen molar-refractivity contribution in [1.82, 2.24) is 5.32 Å². The normalized spacial score (nSPS) is 37.9. The molecule has 158 valence electrons. The number of alkyl halides is 1. The van der Waals surface area contributed by atoms with Gasteiger partial charge in [-0.2, -0.15) is 0 Å². The molecule has 3 heteroatoms. The molecule has 0 heterocycles. The van der Waals surface area contributed by atoms with Crippen molar-refractivity contribution in [2.24, 2.45) is 23.7 Å². The second-order valence-corrected chi connectivity index (χ2v) is 11.8. The Morgan fingerprint density at radius 1 is 0.704 bits per heavy atom. The lowest BCUT2D eigenvalue weighted by Gasteiger charge is -2.27. The SMILES string of the molecule is CC1CCCC(NC(=O)C2CCCCC(I)CC(C)CC2)CCC(C)CC1. The first-order valence-corrected chi connectivity index (χ1v) is 13.1. The highest BCUT2D eigenvalue weighted by Crippen LogP contribution is 2.29. The standard InChI is InChI=1S/C24H44INO/c1-18-7-6-10-23(16-14-19(2)12-11-18)26-24(27)21-8-4-5-9-22(25)17-20(3)13-15-21/h18-23H,4-17H2,1-3H3,(H,26,27). The minimum atomic E-state index is 0.255. The van der Waals surface area contributed by atoms with Crippen molar-refractivity contribution in [3.8, 4) is 0 Å². The molecule has 1 N–H and O–H groups in total. The van der Waals surface area contributed by atoms with Gasteiger partial charge in [0.1, 0.15) is 0 Å². The molecule has 0 aliphatic heterocycles. The first-order chi connectivity index (χ1) is 12.9. The predicted octanol–water partition coefficient (Wildman–Crippen LogP) is 7.29. The number of hydrogen-bond donors (Lipinski definition) is 1. The van der Waals surface area contributed by atoms with Crippen molar-refractivity contribution in [2.75, 3.05) is 0 Å². The molecule has 6 unspecified atom stereocenters. The first-order valence-electron chi connectivity index (χ1n) is 11.9. The summed E-state index contributed by atoms with van der Waals surface area (Å²) in [4.78, 5) is 13.1. The van der Waals surface area contributed by atoms with Crippen LogP contribution in [0.2, 0.25) is 0 Å². The van der Waals surface area contributed by atoms with Crippen molar-refractivity contribution in [3.63, 3.8) is 0 Å². The molecule has 2 aliphatic carbocycles. The van der Waals surface area contributed by atoms with Crippen LogP contribution in [0.1, 0.15) is 111 Å². The van der Waals surface area contributed by atoms with Crippen LogP contribution in [0.25, 0.3) is 0 Å². The lowest BCUT2D eigenvalue weighted by Crippen LogP contribution is -2.39. The molecule has 2 fully saturated rings. The highest BCUT2D eigenvalue weighted by molar-refractivity contribution is 14.1. The summed E-state index contributed by atoms with van der Waals surface area (Å²) < 4.78 is 0.829. The third-order valence-electron chi connectivity index (χ3n) is 7.11. The molecule has 6 atom stereocenters. The Bertz CT molecular complexity index is 427. The van der Waals surface area contributed by atoms with Gasteiger partial charge in [0.2, 0.25) is 5.91 Å². The van der Waals surface area contributed by atoms with Crippen LogP contribution in [0.3, 0.4) is 0 Å². The molecular formula is C24H44INO. The van der Waals surface area contributed by atoms with Gasteiger partial charge in [0.15, 0.2) is 0 Å². The fourth-order valence-corrected chi connectivity index (χ4v) is 6.29. The van der Waals surface area contributed by atoms with Gasteiger partial charge in [0.25, 0.3) is 0 Å². The molecule has 0 aromatic rings. The van der Waals surface area contributed by atoms with E-state index in [1.807, 2.05) is 0 Å². The molecular weight excluding hydrogens is 445 g/mol. The van der Waals surface area contributed by atoms with Crippen molar-refractivity contribution in [2.45, 2.75) is 121 Å². The topological polar surface area (TPSA) is 29.1 Å². The van der Waals surface area contributed by atoms with Crippen LogP contribution in [-0.2, 0) is 4.79 Å². The molecule has 1 amide bonds. The minimum Gasteiger partial charge on any atom is -0.353 e. The van der Waals surface area contributed by atoms with Crippen molar-refractivity contribution in [1.29, 1.82) is 0 Å². The summed E-state index contributed by atoms with van der Waals surface area (Å²) in [5.74, 6) is 3.04. The van der Waals surface area contributed by atoms with Crippen LogP contribution in [0.5, 0.6) is 0 Å². The maximum Gasteiger partial charge on any atom is 0.223 e. The van der Waals surface area contributed by atoms with Gasteiger partial charge in [-0.15, -0.1) is 0 Å². The van der Waals surface area contributed by atoms with Gasteiger partial charge >= 0.3 is 0 Å². The molecule has 0 saturated heterocycles. The molecule has 27 heavy (non-hydrogen) atoms. The molecule has 2 rings (SSSR count). The Kier molecular flexibility index (Phi) is 11.0. The summed E-state index contributed by atoms with van der Waals surface area (Å²) in [6, 6.07) is 0.414. The van der Waals surface area contributed by atoms with Gasteiger partial charge < -0.3 is 5.32 Å². The predicted molar refractivity (Wildman–Crippen MR) is 125 cm³/mol. The van der Waals surface area contributed by atoms with Crippen molar-refractivity contribution >= 4 is 28.5 Å². The van der Waals surface area contributed by atoms with E-state index in [1.54, 1.807) is 0 Å². The number of carbonyl (C=O) groups is 1. The lowest BCUT2D eigenvalue weighted by molar-refractivity contribution is -0.126. The number of amides is 1. The van der Waals surface area contributed by atoms with Gasteiger partial charge in [-0.25, -0.2) is 0 Å². The van der Waals surface area contributed by atoms with E-state index < -0.39 is 0 Å². The van der Waals surface area contributed by atoms with Gasteiger partial charge in [-0.1, -0.05) is 81.9 Å². The quantitative estimate of drug-likeness (QED) is 0.320. The van der Waals surface area contributed by atoms with E-state index in [-0.39, 0.29) is 5.92 Å². The zero-order valence-corrected chi connectivity index (χ0v) is 20.3. The fraction of sp³-hybridized carbons (Fsp3) is 0.958. The van der Waals surface area contributed by atoms with E-state index in [2.05, 4.69) is 48.7 Å². The first kappa shape index (κ1) is 23.5. The minimum absolute atomic E-state index is 0.255. The Hall–Kier alpha value is 0.200. The molecule has 0 spiro atoms. The summed E-state index contributed by atoms with van der Waals surface area (Å²) in [5, 5.41) is 3.51. The number of halogens is 1. The van der Waals surface area contributed by atoms with Gasteiger partial charge in [-0.05, 0) is 69.1 Å². The van der Waals surface area contributed by atoms with Crippen molar-refractivity contribution < 1.29 is 4.79 Å². The third-order valence-corrected chi connectivity index (χ3v) is 8.24. The Morgan fingerprint density at radius 2 is 1.33 bits per heavy atom. The van der Waals surface area contributed by atoms with E-state index in [0.717, 1.165) is 34.5 Å². The van der Waals surface area contributed by atoms with Crippen LogP contribution in [-0.4, -0.2) is 15.9 Å². The van der Waals surface area contributed by atoms with E-state index >= 15 is 0 Å². The van der Waals surface area contributed by atoms with E-state index in [1.165, 1.54) is 77.0 Å². The summed E-state index contributed by atoms with van der Waals surface area (Å²) in [5.41, 5.74) is 0. The number of carbonyl (C=O) groups excluding carboxylic acids is 1. The average Bonchev–Trinajstić information content (AvgIpc) is 2.62. The van der Waals surface area contributed by atoms with E-state index in [4.69, 9.17) is 0 Å². The fourth-order valence-electron chi connectivity index (χ4n) is 4.98. The zero-order valence-electron chi connectivity index (χ0n) is 18.1. The maximum absolute atomic E-state index is 13.1. The van der Waals surface area contributed by atoms with Gasteiger partial charge in [-0.3, -0.25) is 4.79 Å². The number of hydrogen-bond acceptors (Lipinski definition) is 1. The zero-order chi connectivity index (χ0) is 19.6. The Balaban J connectivity index is 1.87. The average molecular weight is 490 g/mol.